The molecule has 4 rings (SSSR count). The van der Waals surface area contributed by atoms with Crippen LogP contribution in [0, 0.1) is 47.0 Å². The predicted octanol–water partition coefficient (Wildman–Crippen LogP) is 8.79. The number of halogens is 3. The molecule has 1 aromatic rings. The van der Waals surface area contributed by atoms with Crippen LogP contribution in [-0.4, -0.2) is 0 Å². The quantitative estimate of drug-likeness (QED) is 0.319. The van der Waals surface area contributed by atoms with Crippen molar-refractivity contribution in [1.82, 2.24) is 0 Å². The van der Waals surface area contributed by atoms with Crippen molar-refractivity contribution in [2.45, 2.75) is 103 Å². The second kappa shape index (κ2) is 10.1. The lowest BCUT2D eigenvalue weighted by Gasteiger charge is -2.45. The zero-order chi connectivity index (χ0) is 21.1. The van der Waals surface area contributed by atoms with Crippen LogP contribution in [0.4, 0.5) is 13.2 Å². The van der Waals surface area contributed by atoms with E-state index in [2.05, 4.69) is 6.92 Å². The average Bonchev–Trinajstić information content (AvgIpc) is 2.77. The van der Waals surface area contributed by atoms with E-state index < -0.39 is 17.5 Å². The van der Waals surface area contributed by atoms with Gasteiger partial charge in [0.15, 0.2) is 17.5 Å². The highest BCUT2D eigenvalue weighted by atomic mass is 19.2. The summed E-state index contributed by atoms with van der Waals surface area (Å²) in [5.41, 5.74) is 0.648. The standard InChI is InChI=1S/C27H39F3/c1-2-3-4-5-18-6-7-23-15-22(13-12-21(23)14-18)19-8-10-20(11-9-19)24-16-25(28)27(30)26(29)17-24/h16-23H,2-15H2,1H3. The number of benzene rings is 1. The van der Waals surface area contributed by atoms with E-state index in [4.69, 9.17) is 0 Å². The predicted molar refractivity (Wildman–Crippen MR) is 117 cm³/mol. The summed E-state index contributed by atoms with van der Waals surface area (Å²) in [7, 11) is 0. The Balaban J connectivity index is 1.26. The fourth-order valence-electron chi connectivity index (χ4n) is 7.13. The Morgan fingerprint density at radius 1 is 0.700 bits per heavy atom. The minimum Gasteiger partial charge on any atom is -0.204 e. The highest BCUT2D eigenvalue weighted by Gasteiger charge is 2.38. The molecule has 0 saturated heterocycles. The largest absolute Gasteiger partial charge is 0.204 e. The van der Waals surface area contributed by atoms with Crippen molar-refractivity contribution in [1.29, 1.82) is 0 Å². The Bertz CT molecular complexity index is 668. The highest BCUT2D eigenvalue weighted by Crippen LogP contribution is 2.50. The van der Waals surface area contributed by atoms with Gasteiger partial charge in [0.1, 0.15) is 0 Å². The lowest BCUT2D eigenvalue weighted by Crippen LogP contribution is -2.34. The summed E-state index contributed by atoms with van der Waals surface area (Å²) < 4.78 is 40.5. The molecule has 3 saturated carbocycles. The molecule has 3 heteroatoms. The van der Waals surface area contributed by atoms with Crippen molar-refractivity contribution in [2.75, 3.05) is 0 Å². The summed E-state index contributed by atoms with van der Waals surface area (Å²) in [6, 6.07) is 2.43. The monoisotopic (exact) mass is 420 g/mol. The average molecular weight is 421 g/mol. The van der Waals surface area contributed by atoms with E-state index in [0.29, 0.717) is 5.56 Å². The molecule has 0 radical (unpaired) electrons. The summed E-state index contributed by atoms with van der Waals surface area (Å²) in [5.74, 6) is 1.29. The van der Waals surface area contributed by atoms with Gasteiger partial charge < -0.3 is 0 Å². The van der Waals surface area contributed by atoms with Gasteiger partial charge in [0, 0.05) is 0 Å². The van der Waals surface area contributed by atoms with Gasteiger partial charge in [-0.3, -0.25) is 0 Å². The van der Waals surface area contributed by atoms with Crippen LogP contribution in [0.5, 0.6) is 0 Å². The molecule has 0 nitrogen and oxygen atoms in total. The number of hydrogen-bond acceptors (Lipinski definition) is 0. The maximum absolute atomic E-state index is 13.6. The van der Waals surface area contributed by atoms with Gasteiger partial charge in [0.25, 0.3) is 0 Å². The molecule has 1 aromatic carbocycles. The molecule has 3 aliphatic rings. The number of unbranched alkanes of at least 4 members (excludes halogenated alkanes) is 2. The Morgan fingerprint density at radius 2 is 1.27 bits per heavy atom. The Kier molecular flexibility index (Phi) is 7.47. The van der Waals surface area contributed by atoms with E-state index in [1.54, 1.807) is 0 Å². The zero-order valence-electron chi connectivity index (χ0n) is 18.7. The van der Waals surface area contributed by atoms with Crippen LogP contribution < -0.4 is 0 Å². The maximum atomic E-state index is 13.6. The molecule has 168 valence electrons. The van der Waals surface area contributed by atoms with Crippen molar-refractivity contribution < 1.29 is 13.2 Å². The molecular formula is C27H39F3. The van der Waals surface area contributed by atoms with Crippen LogP contribution in [0.3, 0.4) is 0 Å². The number of hydrogen-bond donors (Lipinski definition) is 0. The first-order valence-corrected chi connectivity index (χ1v) is 12.7. The first-order chi connectivity index (χ1) is 14.5. The maximum Gasteiger partial charge on any atom is 0.194 e. The molecule has 0 N–H and O–H groups in total. The molecule has 3 aliphatic carbocycles. The van der Waals surface area contributed by atoms with E-state index in [1.165, 1.54) is 76.3 Å². The molecule has 0 spiro atoms. The summed E-state index contributed by atoms with van der Waals surface area (Å²) in [6.07, 6.45) is 18.5. The SMILES string of the molecule is CCCCCC1CCC2CC(C3CCC(c4cc(F)c(F)c(F)c4)CC3)CCC2C1. The third-order valence-corrected chi connectivity index (χ3v) is 8.89. The molecule has 4 atom stereocenters. The smallest absolute Gasteiger partial charge is 0.194 e. The fourth-order valence-corrected chi connectivity index (χ4v) is 7.13. The van der Waals surface area contributed by atoms with Gasteiger partial charge in [-0.25, -0.2) is 13.2 Å². The van der Waals surface area contributed by atoms with E-state index >= 15 is 0 Å². The van der Waals surface area contributed by atoms with E-state index in [0.717, 1.165) is 55.3 Å². The Morgan fingerprint density at radius 3 is 1.93 bits per heavy atom. The third-order valence-electron chi connectivity index (χ3n) is 8.89. The molecule has 0 amide bonds. The summed E-state index contributed by atoms with van der Waals surface area (Å²) in [4.78, 5) is 0. The molecule has 0 aromatic heterocycles. The molecule has 0 bridgehead atoms. The van der Waals surface area contributed by atoms with Gasteiger partial charge in [-0.05, 0) is 111 Å². The first-order valence-electron chi connectivity index (χ1n) is 12.7. The minimum atomic E-state index is -1.34. The highest BCUT2D eigenvalue weighted by molar-refractivity contribution is 5.23. The summed E-state index contributed by atoms with van der Waals surface area (Å²) >= 11 is 0. The van der Waals surface area contributed by atoms with Crippen LogP contribution in [-0.2, 0) is 0 Å². The van der Waals surface area contributed by atoms with E-state index in [-0.39, 0.29) is 5.92 Å². The van der Waals surface area contributed by atoms with Gasteiger partial charge in [0.2, 0.25) is 0 Å². The molecular weight excluding hydrogens is 381 g/mol. The van der Waals surface area contributed by atoms with Crippen LogP contribution in [0.25, 0.3) is 0 Å². The Hall–Kier alpha value is -0.990. The van der Waals surface area contributed by atoms with Gasteiger partial charge in [-0.1, -0.05) is 39.0 Å². The van der Waals surface area contributed by atoms with Crippen LogP contribution in [0.2, 0.25) is 0 Å². The molecule has 0 heterocycles. The third kappa shape index (κ3) is 5.07. The van der Waals surface area contributed by atoms with Gasteiger partial charge in [-0.2, -0.15) is 0 Å². The molecule has 4 unspecified atom stereocenters. The van der Waals surface area contributed by atoms with E-state index in [9.17, 15) is 13.2 Å². The number of rotatable bonds is 6. The zero-order valence-corrected chi connectivity index (χ0v) is 18.7. The van der Waals surface area contributed by atoms with Gasteiger partial charge in [0.05, 0.1) is 0 Å². The van der Waals surface area contributed by atoms with Crippen molar-refractivity contribution in [3.8, 4) is 0 Å². The molecule has 30 heavy (non-hydrogen) atoms. The van der Waals surface area contributed by atoms with Gasteiger partial charge in [-0.15, -0.1) is 0 Å². The van der Waals surface area contributed by atoms with Crippen LogP contribution in [0.15, 0.2) is 12.1 Å². The Labute approximate surface area is 181 Å². The van der Waals surface area contributed by atoms with Crippen molar-refractivity contribution in [3.63, 3.8) is 0 Å². The molecule has 0 aliphatic heterocycles. The summed E-state index contributed by atoms with van der Waals surface area (Å²) in [5, 5.41) is 0. The van der Waals surface area contributed by atoms with Gasteiger partial charge >= 0.3 is 0 Å². The lowest BCUT2D eigenvalue weighted by molar-refractivity contribution is 0.0613. The first kappa shape index (κ1) is 22.2. The lowest BCUT2D eigenvalue weighted by atomic mass is 9.60. The minimum absolute atomic E-state index is 0.181. The molecule has 3 fully saturated rings. The normalized spacial score (nSPS) is 34.5. The fraction of sp³-hybridized carbons (Fsp3) is 0.778. The van der Waals surface area contributed by atoms with Crippen LogP contribution in [0.1, 0.15) is 108 Å². The summed E-state index contributed by atoms with van der Waals surface area (Å²) in [6.45, 7) is 2.29. The van der Waals surface area contributed by atoms with Crippen molar-refractivity contribution in [2.24, 2.45) is 29.6 Å². The van der Waals surface area contributed by atoms with Crippen molar-refractivity contribution in [3.05, 3.63) is 35.1 Å². The second-order valence-corrected chi connectivity index (χ2v) is 10.7. The van der Waals surface area contributed by atoms with Crippen LogP contribution >= 0.6 is 0 Å². The van der Waals surface area contributed by atoms with E-state index in [1.807, 2.05) is 0 Å². The topological polar surface area (TPSA) is 0 Å². The second-order valence-electron chi connectivity index (χ2n) is 10.7. The number of fused-ring (bicyclic) bond motifs is 1. The van der Waals surface area contributed by atoms with Crippen molar-refractivity contribution >= 4 is 0 Å².